The molecule has 2 nitrogen and oxygen atoms in total. The molecule has 0 amide bonds. The molecule has 1 rings (SSSR count). The molecule has 0 radical (unpaired) electrons. The lowest BCUT2D eigenvalue weighted by Crippen LogP contribution is -2.11. The van der Waals surface area contributed by atoms with Crippen molar-refractivity contribution in [3.05, 3.63) is 24.8 Å². The van der Waals surface area contributed by atoms with Gasteiger partial charge in [0.1, 0.15) is 5.75 Å². The van der Waals surface area contributed by atoms with Gasteiger partial charge in [-0.15, -0.1) is 12.4 Å². The highest BCUT2D eigenvalue weighted by atomic mass is 127. The van der Waals surface area contributed by atoms with Gasteiger partial charge in [-0.3, -0.25) is 4.39 Å². The van der Waals surface area contributed by atoms with Crippen LogP contribution in [0.5, 0.6) is 5.75 Å². The maximum atomic E-state index is 12.1. The van der Waals surface area contributed by atoms with Crippen molar-refractivity contribution in [3.8, 4) is 5.75 Å². The van der Waals surface area contributed by atoms with E-state index in [1.807, 2.05) is 45.2 Å². The number of alkyl halides is 1. The van der Waals surface area contributed by atoms with Crippen molar-refractivity contribution < 1.29 is 9.50 Å². The first-order valence-electron chi connectivity index (χ1n) is 4.05. The summed E-state index contributed by atoms with van der Waals surface area (Å²) in [5.41, 5.74) is 6.63. The van der Waals surface area contributed by atoms with Crippen molar-refractivity contribution in [2.45, 2.75) is 12.5 Å². The molecule has 0 saturated heterocycles. The number of phenolic OH excluding ortho intramolecular Hbond substituents is 1. The number of nitrogens with two attached hydrogens (primary N) is 1. The zero-order valence-electron chi connectivity index (χ0n) is 7.71. The number of hydrogen-bond acceptors (Lipinski definition) is 2. The van der Waals surface area contributed by atoms with Crippen LogP contribution < -0.4 is 5.73 Å². The van der Waals surface area contributed by atoms with Crippen LogP contribution in [-0.4, -0.2) is 11.8 Å². The fourth-order valence-corrected chi connectivity index (χ4v) is 2.90. The average Bonchev–Trinajstić information content (AvgIpc) is 2.13. The van der Waals surface area contributed by atoms with Crippen LogP contribution in [0.1, 0.15) is 18.0 Å². The Morgan fingerprint density at radius 2 is 1.80 bits per heavy atom. The zero-order valence-corrected chi connectivity index (χ0v) is 12.8. The fourth-order valence-electron chi connectivity index (χ4n) is 1.08. The van der Waals surface area contributed by atoms with Gasteiger partial charge < -0.3 is 10.8 Å². The summed E-state index contributed by atoms with van der Waals surface area (Å²) in [5.74, 6) is 0.266. The predicted molar refractivity (Wildman–Crippen MR) is 78.3 cm³/mol. The number of aromatic hydroxyl groups is 1. The first kappa shape index (κ1) is 15.7. The highest BCUT2D eigenvalue weighted by Gasteiger charge is 2.11. The van der Waals surface area contributed by atoms with E-state index in [0.717, 1.165) is 12.7 Å². The van der Waals surface area contributed by atoms with Crippen molar-refractivity contribution in [3.63, 3.8) is 0 Å². The van der Waals surface area contributed by atoms with Gasteiger partial charge in [0.15, 0.2) is 0 Å². The zero-order chi connectivity index (χ0) is 10.7. The molecule has 0 heterocycles. The summed E-state index contributed by atoms with van der Waals surface area (Å²) in [6.45, 7) is -0.421. The van der Waals surface area contributed by atoms with E-state index < -0.39 is 6.67 Å². The van der Waals surface area contributed by atoms with E-state index in [-0.39, 0.29) is 24.2 Å². The molecule has 3 N–H and O–H groups in total. The van der Waals surface area contributed by atoms with Gasteiger partial charge >= 0.3 is 0 Å². The van der Waals surface area contributed by atoms with Gasteiger partial charge in [-0.1, -0.05) is 0 Å². The number of halogens is 4. The van der Waals surface area contributed by atoms with Gasteiger partial charge in [-0.05, 0) is 69.3 Å². The predicted octanol–water partition coefficient (Wildman–Crippen LogP) is 3.38. The monoisotopic (exact) mass is 457 g/mol. The molecule has 0 bridgehead atoms. The Morgan fingerprint density at radius 3 is 2.20 bits per heavy atom. The molecular weight excluding hydrogens is 446 g/mol. The molecule has 1 atom stereocenters. The Hall–Kier alpha value is 0.660. The maximum Gasteiger partial charge on any atom is 0.142 e. The second-order valence-electron chi connectivity index (χ2n) is 2.92. The minimum Gasteiger partial charge on any atom is -0.506 e. The van der Waals surface area contributed by atoms with Crippen LogP contribution >= 0.6 is 57.6 Å². The molecule has 0 spiro atoms. The van der Waals surface area contributed by atoms with Gasteiger partial charge in [0, 0.05) is 6.04 Å². The van der Waals surface area contributed by atoms with Crippen LogP contribution in [0, 0.1) is 7.14 Å². The average molecular weight is 457 g/mol. The lowest BCUT2D eigenvalue weighted by molar-refractivity contribution is 0.440. The highest BCUT2D eigenvalue weighted by Crippen LogP contribution is 2.29. The van der Waals surface area contributed by atoms with Gasteiger partial charge in [0.25, 0.3) is 0 Å². The quantitative estimate of drug-likeness (QED) is 0.684. The second kappa shape index (κ2) is 7.08. The Kier molecular flexibility index (Phi) is 7.39. The Balaban J connectivity index is 0.00000196. The van der Waals surface area contributed by atoms with Crippen LogP contribution in [0.25, 0.3) is 0 Å². The van der Waals surface area contributed by atoms with Crippen LogP contribution in [0.4, 0.5) is 4.39 Å². The third-order valence-corrected chi connectivity index (χ3v) is 3.53. The first-order valence-corrected chi connectivity index (χ1v) is 6.21. The van der Waals surface area contributed by atoms with E-state index in [9.17, 15) is 9.50 Å². The third-order valence-electron chi connectivity index (χ3n) is 1.89. The van der Waals surface area contributed by atoms with Gasteiger partial charge in [-0.25, -0.2) is 0 Å². The molecule has 0 aliphatic carbocycles. The van der Waals surface area contributed by atoms with Crippen LogP contribution in [0.2, 0.25) is 0 Å². The van der Waals surface area contributed by atoms with Crippen molar-refractivity contribution in [1.82, 2.24) is 0 Å². The molecule has 1 aromatic carbocycles. The summed E-state index contributed by atoms with van der Waals surface area (Å²) in [4.78, 5) is 0. The van der Waals surface area contributed by atoms with Crippen molar-refractivity contribution in [1.29, 1.82) is 0 Å². The van der Waals surface area contributed by atoms with E-state index in [4.69, 9.17) is 5.73 Å². The van der Waals surface area contributed by atoms with Crippen molar-refractivity contribution in [2.24, 2.45) is 5.73 Å². The van der Waals surface area contributed by atoms with E-state index in [1.54, 1.807) is 12.1 Å². The smallest absolute Gasteiger partial charge is 0.142 e. The fraction of sp³-hybridized carbons (Fsp3) is 0.333. The standard InChI is InChI=1S/C9H10FI2NO.ClH/c10-2-1-8(13)5-3-6(11)9(14)7(12)4-5;/h3-4,8,14H,1-2,13H2;1H/t8-;/m0./s1. The molecule has 86 valence electrons. The normalized spacial score (nSPS) is 12.0. The summed E-state index contributed by atoms with van der Waals surface area (Å²) in [5, 5.41) is 9.51. The molecule has 1 aromatic rings. The molecule has 0 aliphatic rings. The number of benzene rings is 1. The minimum atomic E-state index is -0.421. The van der Waals surface area contributed by atoms with Crippen molar-refractivity contribution in [2.75, 3.05) is 6.67 Å². The van der Waals surface area contributed by atoms with Gasteiger partial charge in [-0.2, -0.15) is 0 Å². The molecule has 0 fully saturated rings. The summed E-state index contributed by atoms with van der Waals surface area (Å²) in [6, 6.07) is 3.29. The third kappa shape index (κ3) is 4.20. The summed E-state index contributed by atoms with van der Waals surface area (Å²) < 4.78 is 13.6. The highest BCUT2D eigenvalue weighted by molar-refractivity contribution is 14.1. The van der Waals surface area contributed by atoms with Crippen molar-refractivity contribution >= 4 is 57.6 Å². The largest absolute Gasteiger partial charge is 0.506 e. The van der Waals surface area contributed by atoms with Crippen LogP contribution in [-0.2, 0) is 0 Å². The van der Waals surface area contributed by atoms with Gasteiger partial charge in [0.2, 0.25) is 0 Å². The molecule has 0 aromatic heterocycles. The lowest BCUT2D eigenvalue weighted by atomic mass is 10.1. The summed E-state index contributed by atoms with van der Waals surface area (Å²) in [6.07, 6.45) is 0.316. The SMILES string of the molecule is Cl.N[C@@H](CCF)c1cc(I)c(O)c(I)c1. The van der Waals surface area contributed by atoms with Crippen LogP contribution in [0.15, 0.2) is 12.1 Å². The molecule has 0 aliphatic heterocycles. The van der Waals surface area contributed by atoms with E-state index in [1.165, 1.54) is 0 Å². The Morgan fingerprint density at radius 1 is 1.33 bits per heavy atom. The Labute approximate surface area is 122 Å². The topological polar surface area (TPSA) is 46.2 Å². The molecule has 15 heavy (non-hydrogen) atoms. The number of phenols is 1. The maximum absolute atomic E-state index is 12.1. The lowest BCUT2D eigenvalue weighted by Gasteiger charge is -2.12. The van der Waals surface area contributed by atoms with Crippen LogP contribution in [0.3, 0.4) is 0 Å². The van der Waals surface area contributed by atoms with E-state index in [2.05, 4.69) is 0 Å². The second-order valence-corrected chi connectivity index (χ2v) is 5.24. The first-order chi connectivity index (χ1) is 6.56. The van der Waals surface area contributed by atoms with E-state index in [0.29, 0.717) is 6.42 Å². The Bertz CT molecular complexity index is 315. The summed E-state index contributed by atoms with van der Waals surface area (Å²) >= 11 is 4.07. The summed E-state index contributed by atoms with van der Waals surface area (Å²) in [7, 11) is 0. The molecular formula is C9H11ClFI2NO. The molecule has 6 heteroatoms. The molecule has 0 unspecified atom stereocenters. The number of hydrogen-bond donors (Lipinski definition) is 2. The van der Waals surface area contributed by atoms with E-state index >= 15 is 0 Å². The minimum absolute atomic E-state index is 0. The van der Waals surface area contributed by atoms with Gasteiger partial charge in [0.05, 0.1) is 13.8 Å². The number of rotatable bonds is 3. The molecule has 0 saturated carbocycles.